The van der Waals surface area contributed by atoms with Crippen LogP contribution in [-0.4, -0.2) is 16.9 Å². The lowest BCUT2D eigenvalue weighted by Crippen LogP contribution is -2.40. The number of nitro groups is 1. The van der Waals surface area contributed by atoms with Crippen LogP contribution in [0.3, 0.4) is 0 Å². The van der Waals surface area contributed by atoms with Gasteiger partial charge in [-0.15, -0.1) is 0 Å². The number of amides is 1. The predicted molar refractivity (Wildman–Crippen MR) is 64.0 cm³/mol. The molecule has 17 heavy (non-hydrogen) atoms. The van der Waals surface area contributed by atoms with Crippen molar-refractivity contribution in [2.75, 3.05) is 4.90 Å². The Balaban J connectivity index is 2.48. The average Bonchev–Trinajstić information content (AvgIpc) is 2.27. The second kappa shape index (κ2) is 4.16. The van der Waals surface area contributed by atoms with E-state index in [1.165, 1.54) is 6.07 Å². The lowest BCUT2D eigenvalue weighted by Gasteiger charge is -2.32. The molecule has 0 saturated carbocycles. The number of aryl methyl sites for hydroxylation is 1. The molecule has 0 N–H and O–H groups in total. The zero-order valence-corrected chi connectivity index (χ0v) is 9.84. The molecule has 1 aliphatic rings. The van der Waals surface area contributed by atoms with Gasteiger partial charge in [0.2, 0.25) is 5.91 Å². The number of nitro benzene ring substituents is 1. The third-order valence-corrected chi connectivity index (χ3v) is 2.93. The minimum atomic E-state index is -0.406. The van der Waals surface area contributed by atoms with Crippen molar-refractivity contribution in [1.29, 1.82) is 0 Å². The largest absolute Gasteiger partial charge is 0.310 e. The van der Waals surface area contributed by atoms with Crippen LogP contribution >= 0.6 is 0 Å². The van der Waals surface area contributed by atoms with Crippen LogP contribution < -0.4 is 4.90 Å². The van der Waals surface area contributed by atoms with Crippen LogP contribution in [0.25, 0.3) is 0 Å². The molecule has 0 radical (unpaired) electrons. The van der Waals surface area contributed by atoms with E-state index in [4.69, 9.17) is 0 Å². The molecule has 0 atom stereocenters. The monoisotopic (exact) mass is 234 g/mol. The van der Waals surface area contributed by atoms with Crippen molar-refractivity contribution in [2.24, 2.45) is 0 Å². The maximum atomic E-state index is 11.8. The topological polar surface area (TPSA) is 63.5 Å². The highest BCUT2D eigenvalue weighted by Crippen LogP contribution is 2.32. The second-order valence-corrected chi connectivity index (χ2v) is 4.43. The molecule has 1 amide bonds. The molecule has 0 spiro atoms. The van der Waals surface area contributed by atoms with Crippen molar-refractivity contribution >= 4 is 17.3 Å². The zero-order chi connectivity index (χ0) is 12.6. The molecule has 0 aliphatic carbocycles. The van der Waals surface area contributed by atoms with Crippen LogP contribution in [-0.2, 0) is 11.2 Å². The summed E-state index contributed by atoms with van der Waals surface area (Å²) in [4.78, 5) is 23.8. The first kappa shape index (κ1) is 11.6. The second-order valence-electron chi connectivity index (χ2n) is 4.43. The first-order valence-corrected chi connectivity index (χ1v) is 5.60. The average molecular weight is 234 g/mol. The van der Waals surface area contributed by atoms with E-state index >= 15 is 0 Å². The number of fused-ring (bicyclic) bond motifs is 1. The Kier molecular flexibility index (Phi) is 2.83. The fraction of sp³-hybridized carbons (Fsp3) is 0.417. The lowest BCUT2D eigenvalue weighted by molar-refractivity contribution is -0.384. The Labute approximate surface area is 99.2 Å². The molecule has 5 nitrogen and oxygen atoms in total. The summed E-state index contributed by atoms with van der Waals surface area (Å²) < 4.78 is 0. The summed E-state index contributed by atoms with van der Waals surface area (Å²) in [7, 11) is 0. The van der Waals surface area contributed by atoms with E-state index in [1.54, 1.807) is 17.0 Å². The summed E-state index contributed by atoms with van der Waals surface area (Å²) in [5, 5.41) is 10.7. The van der Waals surface area contributed by atoms with Crippen LogP contribution in [0.5, 0.6) is 0 Å². The molecular formula is C12H14N2O3. The van der Waals surface area contributed by atoms with Gasteiger partial charge >= 0.3 is 0 Å². The predicted octanol–water partition coefficient (Wildman–Crippen LogP) is 2.28. The number of anilines is 1. The summed E-state index contributed by atoms with van der Waals surface area (Å²) >= 11 is 0. The number of carbonyl (C=O) groups excluding carboxylic acids is 1. The third kappa shape index (κ3) is 2.00. The first-order valence-electron chi connectivity index (χ1n) is 5.60. The van der Waals surface area contributed by atoms with Crippen LogP contribution in [0.1, 0.15) is 25.8 Å². The van der Waals surface area contributed by atoms with E-state index in [0.717, 1.165) is 11.3 Å². The van der Waals surface area contributed by atoms with E-state index in [9.17, 15) is 14.9 Å². The van der Waals surface area contributed by atoms with E-state index in [1.807, 2.05) is 13.8 Å². The quantitative estimate of drug-likeness (QED) is 0.582. The summed E-state index contributed by atoms with van der Waals surface area (Å²) in [6, 6.07) is 4.76. The summed E-state index contributed by atoms with van der Waals surface area (Å²) in [5.74, 6) is 0.0846. The minimum absolute atomic E-state index is 0.0722. The van der Waals surface area contributed by atoms with E-state index in [-0.39, 0.29) is 17.6 Å². The van der Waals surface area contributed by atoms with Crippen molar-refractivity contribution in [1.82, 2.24) is 0 Å². The molecule has 1 heterocycles. The fourth-order valence-corrected chi connectivity index (χ4v) is 2.18. The highest BCUT2D eigenvalue weighted by molar-refractivity contribution is 5.97. The van der Waals surface area contributed by atoms with Crippen LogP contribution in [0.15, 0.2) is 18.2 Å². The van der Waals surface area contributed by atoms with Gasteiger partial charge in [0, 0.05) is 30.3 Å². The molecule has 0 fully saturated rings. The maximum absolute atomic E-state index is 11.8. The van der Waals surface area contributed by atoms with E-state index < -0.39 is 4.92 Å². The molecular weight excluding hydrogens is 220 g/mol. The molecule has 1 aliphatic heterocycles. The number of non-ortho nitro benzene ring substituents is 1. The summed E-state index contributed by atoms with van der Waals surface area (Å²) in [5.41, 5.74) is 1.77. The van der Waals surface area contributed by atoms with E-state index in [2.05, 4.69) is 0 Å². The van der Waals surface area contributed by atoms with Crippen LogP contribution in [0.2, 0.25) is 0 Å². The molecule has 90 valence electrons. The van der Waals surface area contributed by atoms with Gasteiger partial charge < -0.3 is 4.90 Å². The molecule has 2 rings (SSSR count). The Morgan fingerprint density at radius 2 is 2.06 bits per heavy atom. The number of benzene rings is 1. The Morgan fingerprint density at radius 1 is 1.35 bits per heavy atom. The van der Waals surface area contributed by atoms with Gasteiger partial charge in [-0.2, -0.15) is 0 Å². The summed E-state index contributed by atoms with van der Waals surface area (Å²) in [6.07, 6.45) is 1.01. The molecule has 0 unspecified atom stereocenters. The molecule has 1 aromatic rings. The van der Waals surface area contributed by atoms with Gasteiger partial charge in [-0.1, -0.05) is 0 Å². The van der Waals surface area contributed by atoms with Crippen LogP contribution in [0.4, 0.5) is 11.4 Å². The number of hydrogen-bond donors (Lipinski definition) is 0. The van der Waals surface area contributed by atoms with Crippen LogP contribution in [0, 0.1) is 10.1 Å². The Morgan fingerprint density at radius 3 is 2.65 bits per heavy atom. The van der Waals surface area contributed by atoms with Gasteiger partial charge in [-0.25, -0.2) is 0 Å². The fourth-order valence-electron chi connectivity index (χ4n) is 2.18. The van der Waals surface area contributed by atoms with Gasteiger partial charge in [0.15, 0.2) is 0 Å². The highest BCUT2D eigenvalue weighted by atomic mass is 16.6. The van der Waals surface area contributed by atoms with Crippen molar-refractivity contribution in [3.05, 3.63) is 33.9 Å². The normalized spacial score (nSPS) is 15.0. The number of rotatable bonds is 2. The summed E-state index contributed by atoms with van der Waals surface area (Å²) in [6.45, 7) is 3.88. The number of hydrogen-bond acceptors (Lipinski definition) is 3. The van der Waals surface area contributed by atoms with Gasteiger partial charge in [0.05, 0.1) is 4.92 Å². The highest BCUT2D eigenvalue weighted by Gasteiger charge is 2.27. The third-order valence-electron chi connectivity index (χ3n) is 2.93. The van der Waals surface area contributed by atoms with Crippen molar-refractivity contribution in [3.63, 3.8) is 0 Å². The van der Waals surface area contributed by atoms with E-state index in [0.29, 0.717) is 12.8 Å². The van der Waals surface area contributed by atoms with Gasteiger partial charge in [-0.3, -0.25) is 14.9 Å². The number of carbonyl (C=O) groups is 1. The Bertz CT molecular complexity index is 483. The molecule has 0 bridgehead atoms. The minimum Gasteiger partial charge on any atom is -0.310 e. The van der Waals surface area contributed by atoms with Crippen molar-refractivity contribution in [2.45, 2.75) is 32.7 Å². The smallest absolute Gasteiger partial charge is 0.269 e. The maximum Gasteiger partial charge on any atom is 0.269 e. The van der Waals surface area contributed by atoms with Crippen molar-refractivity contribution < 1.29 is 9.72 Å². The van der Waals surface area contributed by atoms with Gasteiger partial charge in [0.1, 0.15) is 0 Å². The molecule has 0 saturated heterocycles. The van der Waals surface area contributed by atoms with Crippen molar-refractivity contribution in [3.8, 4) is 0 Å². The van der Waals surface area contributed by atoms with Gasteiger partial charge in [-0.05, 0) is 31.9 Å². The van der Waals surface area contributed by atoms with Gasteiger partial charge in [0.25, 0.3) is 5.69 Å². The standard InChI is InChI=1S/C12H14N2O3/c1-8(2)13-11-5-4-10(14(16)17)7-9(11)3-6-12(13)15/h4-5,7-8H,3,6H2,1-2H3. The molecule has 0 aromatic heterocycles. The number of nitrogens with zero attached hydrogens (tertiary/aromatic N) is 2. The molecule has 5 heteroatoms. The zero-order valence-electron chi connectivity index (χ0n) is 9.84. The molecule has 1 aromatic carbocycles. The SMILES string of the molecule is CC(C)N1C(=O)CCc2cc([N+](=O)[O-])ccc21. The first-order chi connectivity index (χ1) is 8.00. The lowest BCUT2D eigenvalue weighted by atomic mass is 9.99. The Hall–Kier alpha value is -1.91.